The minimum atomic E-state index is -0.380. The SMILES string of the molecule is Cl.NC(=O)c1ccc2c(c1)[C@H]1CN(Cc3ccccc3)C[C@@H]1CO2. The van der Waals surface area contributed by atoms with Crippen LogP contribution in [-0.2, 0) is 6.54 Å². The van der Waals surface area contributed by atoms with Crippen molar-refractivity contribution < 1.29 is 9.53 Å². The normalized spacial score (nSPS) is 22.0. The van der Waals surface area contributed by atoms with Crippen molar-refractivity contribution in [3.63, 3.8) is 0 Å². The fraction of sp³-hybridized carbons (Fsp3) is 0.316. The van der Waals surface area contributed by atoms with Gasteiger partial charge in [-0.25, -0.2) is 0 Å². The molecule has 24 heavy (non-hydrogen) atoms. The van der Waals surface area contributed by atoms with Crippen LogP contribution in [0.4, 0.5) is 0 Å². The minimum absolute atomic E-state index is 0. The van der Waals surface area contributed by atoms with Crippen molar-refractivity contribution in [3.05, 3.63) is 65.2 Å². The minimum Gasteiger partial charge on any atom is -0.493 e. The van der Waals surface area contributed by atoms with Crippen LogP contribution in [0.3, 0.4) is 0 Å². The summed E-state index contributed by atoms with van der Waals surface area (Å²) < 4.78 is 5.89. The molecular formula is C19H21ClN2O2. The molecule has 0 radical (unpaired) electrons. The lowest BCUT2D eigenvalue weighted by molar-refractivity contribution is 0.1000. The first-order valence-corrected chi connectivity index (χ1v) is 8.03. The maximum atomic E-state index is 11.5. The maximum Gasteiger partial charge on any atom is 0.248 e. The van der Waals surface area contributed by atoms with Gasteiger partial charge < -0.3 is 10.5 Å². The molecule has 1 saturated heterocycles. The summed E-state index contributed by atoms with van der Waals surface area (Å²) in [5.74, 6) is 1.42. The summed E-state index contributed by atoms with van der Waals surface area (Å²) in [6, 6.07) is 16.1. The zero-order chi connectivity index (χ0) is 15.8. The average Bonchev–Trinajstić information content (AvgIpc) is 2.98. The fourth-order valence-electron chi connectivity index (χ4n) is 3.77. The van der Waals surface area contributed by atoms with E-state index in [1.165, 1.54) is 5.56 Å². The molecule has 126 valence electrons. The third-order valence-electron chi connectivity index (χ3n) is 4.91. The summed E-state index contributed by atoms with van der Waals surface area (Å²) in [7, 11) is 0. The van der Waals surface area contributed by atoms with Gasteiger partial charge in [0.25, 0.3) is 0 Å². The first-order chi connectivity index (χ1) is 11.2. The van der Waals surface area contributed by atoms with E-state index in [1.807, 2.05) is 18.2 Å². The molecule has 4 nitrogen and oxygen atoms in total. The van der Waals surface area contributed by atoms with Gasteiger partial charge in [-0.3, -0.25) is 9.69 Å². The zero-order valence-corrected chi connectivity index (χ0v) is 14.2. The number of amides is 1. The van der Waals surface area contributed by atoms with Gasteiger partial charge in [0, 0.05) is 37.0 Å². The molecule has 0 aromatic heterocycles. The van der Waals surface area contributed by atoms with Crippen LogP contribution >= 0.6 is 12.4 Å². The van der Waals surface area contributed by atoms with Crippen molar-refractivity contribution in [1.82, 2.24) is 4.90 Å². The van der Waals surface area contributed by atoms with E-state index in [0.717, 1.165) is 37.6 Å². The van der Waals surface area contributed by atoms with Gasteiger partial charge in [-0.15, -0.1) is 12.4 Å². The van der Waals surface area contributed by atoms with Crippen LogP contribution in [0.5, 0.6) is 5.75 Å². The standard InChI is InChI=1S/C19H20N2O2.ClH/c20-19(22)14-6-7-18-16(8-14)17-11-21(10-15(17)12-23-18)9-13-4-2-1-3-5-13;/h1-8,15,17H,9-12H2,(H2,20,22);1H/t15-,17+;/m1./s1. The summed E-state index contributed by atoms with van der Waals surface area (Å²) in [6.45, 7) is 3.73. The molecule has 0 bridgehead atoms. The van der Waals surface area contributed by atoms with Crippen molar-refractivity contribution in [2.75, 3.05) is 19.7 Å². The molecular weight excluding hydrogens is 324 g/mol. The number of likely N-dealkylation sites (tertiary alicyclic amines) is 1. The zero-order valence-electron chi connectivity index (χ0n) is 13.4. The van der Waals surface area contributed by atoms with Crippen LogP contribution in [0.2, 0.25) is 0 Å². The van der Waals surface area contributed by atoms with Gasteiger partial charge in [-0.1, -0.05) is 30.3 Å². The van der Waals surface area contributed by atoms with Crippen molar-refractivity contribution in [2.45, 2.75) is 12.5 Å². The van der Waals surface area contributed by atoms with Gasteiger partial charge >= 0.3 is 0 Å². The van der Waals surface area contributed by atoms with Gasteiger partial charge in [0.1, 0.15) is 5.75 Å². The molecule has 5 heteroatoms. The number of carbonyl (C=O) groups is 1. The van der Waals surface area contributed by atoms with Gasteiger partial charge in [-0.2, -0.15) is 0 Å². The number of nitrogens with zero attached hydrogens (tertiary/aromatic N) is 1. The molecule has 2 heterocycles. The van der Waals surface area contributed by atoms with E-state index in [-0.39, 0.29) is 18.3 Å². The van der Waals surface area contributed by atoms with E-state index in [2.05, 4.69) is 29.2 Å². The van der Waals surface area contributed by atoms with E-state index >= 15 is 0 Å². The fourth-order valence-corrected chi connectivity index (χ4v) is 3.77. The summed E-state index contributed by atoms with van der Waals surface area (Å²) in [5.41, 5.74) is 8.45. The van der Waals surface area contributed by atoms with Gasteiger partial charge in [0.15, 0.2) is 0 Å². The monoisotopic (exact) mass is 344 g/mol. The Morgan fingerprint density at radius 3 is 2.71 bits per heavy atom. The Morgan fingerprint density at radius 2 is 1.96 bits per heavy atom. The Hall–Kier alpha value is -2.04. The highest BCUT2D eigenvalue weighted by atomic mass is 35.5. The highest BCUT2D eigenvalue weighted by Crippen LogP contribution is 2.42. The molecule has 2 aliphatic heterocycles. The molecule has 1 amide bonds. The third-order valence-corrected chi connectivity index (χ3v) is 4.91. The second kappa shape index (κ2) is 6.83. The Morgan fingerprint density at radius 1 is 1.17 bits per heavy atom. The van der Waals surface area contributed by atoms with Gasteiger partial charge in [0.05, 0.1) is 6.61 Å². The molecule has 2 N–H and O–H groups in total. The predicted octanol–water partition coefficient (Wildman–Crippen LogP) is 2.82. The summed E-state index contributed by atoms with van der Waals surface area (Å²) in [4.78, 5) is 13.9. The molecule has 2 atom stereocenters. The number of ether oxygens (including phenoxy) is 1. The lowest BCUT2D eigenvalue weighted by Gasteiger charge is -2.28. The molecule has 0 spiro atoms. The Labute approximate surface area is 148 Å². The topological polar surface area (TPSA) is 55.6 Å². The number of hydrogen-bond donors (Lipinski definition) is 1. The lowest BCUT2D eigenvalue weighted by atomic mass is 9.86. The molecule has 0 unspecified atom stereocenters. The Balaban J connectivity index is 0.00000169. The number of carbonyl (C=O) groups excluding carboxylic acids is 1. The van der Waals surface area contributed by atoms with Crippen molar-refractivity contribution in [1.29, 1.82) is 0 Å². The quantitative estimate of drug-likeness (QED) is 0.931. The summed E-state index contributed by atoms with van der Waals surface area (Å²) in [6.07, 6.45) is 0. The lowest BCUT2D eigenvalue weighted by Crippen LogP contribution is -2.25. The number of fused-ring (bicyclic) bond motifs is 3. The number of hydrogen-bond acceptors (Lipinski definition) is 3. The largest absolute Gasteiger partial charge is 0.493 e. The molecule has 4 rings (SSSR count). The molecule has 2 aliphatic rings. The average molecular weight is 345 g/mol. The predicted molar refractivity (Wildman–Crippen MR) is 95.7 cm³/mol. The summed E-state index contributed by atoms with van der Waals surface area (Å²) >= 11 is 0. The highest BCUT2D eigenvalue weighted by molar-refractivity contribution is 5.93. The van der Waals surface area contributed by atoms with Crippen molar-refractivity contribution in [3.8, 4) is 5.75 Å². The molecule has 2 aromatic carbocycles. The number of halogens is 1. The number of primary amides is 1. The van der Waals surface area contributed by atoms with Crippen LogP contribution in [0.1, 0.15) is 27.4 Å². The van der Waals surface area contributed by atoms with Crippen molar-refractivity contribution >= 4 is 18.3 Å². The maximum absolute atomic E-state index is 11.5. The Bertz CT molecular complexity index is 735. The van der Waals surface area contributed by atoms with Gasteiger partial charge in [0.2, 0.25) is 5.91 Å². The number of benzene rings is 2. The first-order valence-electron chi connectivity index (χ1n) is 8.03. The molecule has 0 saturated carbocycles. The second-order valence-corrected chi connectivity index (χ2v) is 6.47. The van der Waals surface area contributed by atoms with Gasteiger partial charge in [-0.05, 0) is 29.3 Å². The molecule has 2 aromatic rings. The van der Waals surface area contributed by atoms with E-state index < -0.39 is 0 Å². The van der Waals surface area contributed by atoms with E-state index in [9.17, 15) is 4.79 Å². The van der Waals surface area contributed by atoms with Crippen LogP contribution in [0.15, 0.2) is 48.5 Å². The van der Waals surface area contributed by atoms with E-state index in [4.69, 9.17) is 10.5 Å². The molecule has 0 aliphatic carbocycles. The van der Waals surface area contributed by atoms with E-state index in [1.54, 1.807) is 6.07 Å². The Kier molecular flexibility index (Phi) is 4.78. The number of rotatable bonds is 3. The molecule has 1 fully saturated rings. The second-order valence-electron chi connectivity index (χ2n) is 6.47. The van der Waals surface area contributed by atoms with Crippen LogP contribution in [-0.4, -0.2) is 30.5 Å². The highest BCUT2D eigenvalue weighted by Gasteiger charge is 2.38. The third kappa shape index (κ3) is 3.12. The summed E-state index contributed by atoms with van der Waals surface area (Å²) in [5, 5.41) is 0. The van der Waals surface area contributed by atoms with Crippen LogP contribution < -0.4 is 10.5 Å². The first kappa shape index (κ1) is 16.8. The smallest absolute Gasteiger partial charge is 0.248 e. The van der Waals surface area contributed by atoms with Crippen LogP contribution in [0.25, 0.3) is 0 Å². The number of nitrogens with two attached hydrogens (primary N) is 1. The van der Waals surface area contributed by atoms with Crippen LogP contribution in [0, 0.1) is 5.92 Å². The van der Waals surface area contributed by atoms with Crippen molar-refractivity contribution in [2.24, 2.45) is 11.7 Å². The van der Waals surface area contributed by atoms with E-state index in [0.29, 0.717) is 17.4 Å².